The van der Waals surface area contributed by atoms with Gasteiger partial charge in [-0.3, -0.25) is 0 Å². The van der Waals surface area contributed by atoms with E-state index in [9.17, 15) is 9.18 Å². The first kappa shape index (κ1) is 19.2. The third kappa shape index (κ3) is 4.07. The molecule has 0 heterocycles. The van der Waals surface area contributed by atoms with Crippen molar-refractivity contribution in [3.05, 3.63) is 53.3 Å². The largest absolute Gasteiger partial charge is 0.493 e. The molecule has 1 unspecified atom stereocenters. The van der Waals surface area contributed by atoms with Gasteiger partial charge < -0.3 is 15.2 Å². The molecule has 1 aliphatic rings. The van der Waals surface area contributed by atoms with Crippen molar-refractivity contribution in [1.82, 2.24) is 5.32 Å². The van der Waals surface area contributed by atoms with E-state index in [1.165, 1.54) is 6.07 Å². The van der Waals surface area contributed by atoms with Crippen LogP contribution < -0.4 is 10.1 Å². The molecule has 0 aromatic heterocycles. The van der Waals surface area contributed by atoms with Crippen molar-refractivity contribution in [2.45, 2.75) is 40.2 Å². The van der Waals surface area contributed by atoms with E-state index in [1.54, 1.807) is 0 Å². The van der Waals surface area contributed by atoms with Crippen LogP contribution in [0.4, 0.5) is 9.18 Å². The SMILES string of the molecule is CC(C)COc1cccc(-c2cc3c(cc2F)C(NC(=O)O)C(C)(C)C3)c1. The summed E-state index contributed by atoms with van der Waals surface area (Å²) in [4.78, 5) is 11.2. The predicted molar refractivity (Wildman–Crippen MR) is 104 cm³/mol. The van der Waals surface area contributed by atoms with Gasteiger partial charge in [-0.2, -0.15) is 0 Å². The van der Waals surface area contributed by atoms with Gasteiger partial charge in [-0.1, -0.05) is 39.8 Å². The molecule has 4 nitrogen and oxygen atoms in total. The normalized spacial score (nSPS) is 17.6. The number of ether oxygens (including phenoxy) is 1. The maximum atomic E-state index is 14.9. The molecule has 2 aromatic carbocycles. The lowest BCUT2D eigenvalue weighted by molar-refractivity contribution is 0.175. The van der Waals surface area contributed by atoms with Crippen LogP contribution in [0, 0.1) is 17.2 Å². The van der Waals surface area contributed by atoms with Crippen molar-refractivity contribution in [3.8, 4) is 16.9 Å². The maximum Gasteiger partial charge on any atom is 0.405 e. The summed E-state index contributed by atoms with van der Waals surface area (Å²) in [7, 11) is 0. The van der Waals surface area contributed by atoms with E-state index in [0.29, 0.717) is 30.3 Å². The summed E-state index contributed by atoms with van der Waals surface area (Å²) in [5.74, 6) is 0.766. The van der Waals surface area contributed by atoms with E-state index in [-0.39, 0.29) is 11.2 Å². The van der Waals surface area contributed by atoms with Crippen LogP contribution >= 0.6 is 0 Å². The number of amides is 1. The Labute approximate surface area is 159 Å². The molecule has 2 aromatic rings. The fourth-order valence-corrected chi connectivity index (χ4v) is 3.70. The highest BCUT2D eigenvalue weighted by atomic mass is 19.1. The fourth-order valence-electron chi connectivity index (χ4n) is 3.70. The number of rotatable bonds is 5. The number of carboxylic acid groups (broad SMARTS) is 1. The molecule has 0 radical (unpaired) electrons. The van der Waals surface area contributed by atoms with E-state index in [4.69, 9.17) is 9.84 Å². The second-order valence-corrected chi connectivity index (χ2v) is 8.31. The van der Waals surface area contributed by atoms with Gasteiger partial charge in [-0.25, -0.2) is 9.18 Å². The van der Waals surface area contributed by atoms with E-state index in [0.717, 1.165) is 16.7 Å². The maximum absolute atomic E-state index is 14.9. The number of hydrogen-bond donors (Lipinski definition) is 2. The van der Waals surface area contributed by atoms with Gasteiger partial charge >= 0.3 is 6.09 Å². The number of fused-ring (bicyclic) bond motifs is 1. The summed E-state index contributed by atoms with van der Waals surface area (Å²) in [5.41, 5.74) is 2.65. The molecule has 27 heavy (non-hydrogen) atoms. The van der Waals surface area contributed by atoms with Crippen LogP contribution in [0.1, 0.15) is 44.9 Å². The van der Waals surface area contributed by atoms with Crippen LogP contribution in [-0.2, 0) is 6.42 Å². The Kier molecular flexibility index (Phi) is 5.13. The van der Waals surface area contributed by atoms with Crippen LogP contribution in [0.5, 0.6) is 5.75 Å². The zero-order chi connectivity index (χ0) is 19.8. The molecule has 1 atom stereocenters. The fraction of sp³-hybridized carbons (Fsp3) is 0.409. The van der Waals surface area contributed by atoms with Gasteiger partial charge in [0, 0.05) is 5.56 Å². The molecule has 1 amide bonds. The molecule has 0 spiro atoms. The minimum atomic E-state index is -1.10. The number of benzene rings is 2. The highest BCUT2D eigenvalue weighted by Gasteiger charge is 2.40. The van der Waals surface area contributed by atoms with Gasteiger partial charge in [0.25, 0.3) is 0 Å². The van der Waals surface area contributed by atoms with Crippen LogP contribution in [-0.4, -0.2) is 17.8 Å². The first-order chi connectivity index (χ1) is 12.7. The van der Waals surface area contributed by atoms with Crippen molar-refractivity contribution in [3.63, 3.8) is 0 Å². The molecule has 3 rings (SSSR count). The number of hydrogen-bond acceptors (Lipinski definition) is 2. The minimum Gasteiger partial charge on any atom is -0.493 e. The van der Waals surface area contributed by atoms with Crippen LogP contribution in [0.15, 0.2) is 36.4 Å². The van der Waals surface area contributed by atoms with Gasteiger partial charge in [-0.05, 0) is 58.7 Å². The van der Waals surface area contributed by atoms with Crippen molar-refractivity contribution in [1.29, 1.82) is 0 Å². The van der Waals surface area contributed by atoms with Crippen molar-refractivity contribution < 1.29 is 19.0 Å². The quantitative estimate of drug-likeness (QED) is 0.738. The van der Waals surface area contributed by atoms with Crippen molar-refractivity contribution >= 4 is 6.09 Å². The molecule has 0 bridgehead atoms. The summed E-state index contributed by atoms with van der Waals surface area (Å²) < 4.78 is 20.7. The first-order valence-corrected chi connectivity index (χ1v) is 9.22. The highest BCUT2D eigenvalue weighted by Crippen LogP contribution is 2.46. The smallest absolute Gasteiger partial charge is 0.405 e. The summed E-state index contributed by atoms with van der Waals surface area (Å²) in [6.07, 6.45) is -0.412. The Morgan fingerprint density at radius 2 is 2.07 bits per heavy atom. The Bertz CT molecular complexity index is 861. The monoisotopic (exact) mass is 371 g/mol. The van der Waals surface area contributed by atoms with Gasteiger partial charge in [0.1, 0.15) is 11.6 Å². The third-order valence-electron chi connectivity index (χ3n) is 4.96. The van der Waals surface area contributed by atoms with E-state index >= 15 is 0 Å². The molecular formula is C22H26FNO3. The summed E-state index contributed by atoms with van der Waals surface area (Å²) in [6.45, 7) is 8.74. The van der Waals surface area contributed by atoms with Crippen LogP contribution in [0.2, 0.25) is 0 Å². The molecule has 144 valence electrons. The lowest BCUT2D eigenvalue weighted by atomic mass is 9.85. The lowest BCUT2D eigenvalue weighted by Crippen LogP contribution is -2.34. The Balaban J connectivity index is 1.96. The summed E-state index contributed by atoms with van der Waals surface area (Å²) in [5, 5.41) is 11.7. The van der Waals surface area contributed by atoms with Gasteiger partial charge in [0.05, 0.1) is 12.6 Å². The van der Waals surface area contributed by atoms with E-state index in [1.807, 2.05) is 44.2 Å². The molecule has 1 aliphatic carbocycles. The van der Waals surface area contributed by atoms with E-state index in [2.05, 4.69) is 19.2 Å². The van der Waals surface area contributed by atoms with Crippen molar-refractivity contribution in [2.24, 2.45) is 11.3 Å². The lowest BCUT2D eigenvalue weighted by Gasteiger charge is -2.27. The second kappa shape index (κ2) is 7.22. The second-order valence-electron chi connectivity index (χ2n) is 8.31. The Morgan fingerprint density at radius 3 is 2.74 bits per heavy atom. The topological polar surface area (TPSA) is 58.6 Å². The van der Waals surface area contributed by atoms with Crippen LogP contribution in [0.25, 0.3) is 11.1 Å². The average molecular weight is 371 g/mol. The molecule has 0 aliphatic heterocycles. The predicted octanol–water partition coefficient (Wildman–Crippen LogP) is 5.42. The molecule has 2 N–H and O–H groups in total. The summed E-state index contributed by atoms with van der Waals surface area (Å²) >= 11 is 0. The number of nitrogens with one attached hydrogen (secondary N) is 1. The first-order valence-electron chi connectivity index (χ1n) is 9.22. The zero-order valence-corrected chi connectivity index (χ0v) is 16.2. The van der Waals surface area contributed by atoms with Crippen LogP contribution in [0.3, 0.4) is 0 Å². The number of halogens is 1. The molecule has 0 fully saturated rings. The molecule has 5 heteroatoms. The standard InChI is InChI=1S/C22H26FNO3/c1-13(2)12-27-16-7-5-6-14(8-16)17-9-15-11-22(3,4)20(24-21(25)26)18(15)10-19(17)23/h5-10,13,20,24H,11-12H2,1-4H3,(H,25,26). The molecule has 0 saturated carbocycles. The average Bonchev–Trinajstić information content (AvgIpc) is 2.82. The zero-order valence-electron chi connectivity index (χ0n) is 16.2. The van der Waals surface area contributed by atoms with Gasteiger partial charge in [-0.15, -0.1) is 0 Å². The Hall–Kier alpha value is -2.56. The highest BCUT2D eigenvalue weighted by molar-refractivity contribution is 5.69. The van der Waals surface area contributed by atoms with E-state index < -0.39 is 12.1 Å². The van der Waals surface area contributed by atoms with Crippen molar-refractivity contribution in [2.75, 3.05) is 6.61 Å². The molecule has 0 saturated heterocycles. The van der Waals surface area contributed by atoms with Gasteiger partial charge in [0.15, 0.2) is 0 Å². The Morgan fingerprint density at radius 1 is 1.33 bits per heavy atom. The minimum absolute atomic E-state index is 0.311. The third-order valence-corrected chi connectivity index (χ3v) is 4.96. The van der Waals surface area contributed by atoms with Gasteiger partial charge in [0.2, 0.25) is 0 Å². The summed E-state index contributed by atoms with van der Waals surface area (Å²) in [6, 6.07) is 10.3. The molecular weight excluding hydrogens is 345 g/mol. The number of carbonyl (C=O) groups is 1.